The number of fused-ring (bicyclic) bond motifs is 1. The number of hydrogen-bond acceptors (Lipinski definition) is 5. The second-order valence-corrected chi connectivity index (χ2v) is 9.78. The Hall–Kier alpha value is -1.42. The fraction of sp³-hybridized carbons (Fsp3) is 0.467. The lowest BCUT2D eigenvalue weighted by molar-refractivity contribution is 0.542. The van der Waals surface area contributed by atoms with Crippen LogP contribution in [0.3, 0.4) is 0 Å². The van der Waals surface area contributed by atoms with Gasteiger partial charge in [-0.2, -0.15) is 0 Å². The lowest BCUT2D eigenvalue weighted by Crippen LogP contribution is -2.41. The zero-order valence-electron chi connectivity index (χ0n) is 13.7. The number of allylic oxidation sites excluding steroid dienone is 5. The molecular formula is C15H23N3O4S2. The Morgan fingerprint density at radius 2 is 1.83 bits per heavy atom. The van der Waals surface area contributed by atoms with Crippen molar-refractivity contribution < 1.29 is 16.8 Å². The number of sulfonamides is 2. The van der Waals surface area contributed by atoms with Crippen molar-refractivity contribution in [2.24, 2.45) is 5.92 Å². The van der Waals surface area contributed by atoms with E-state index in [4.69, 9.17) is 0 Å². The molecule has 7 nitrogen and oxygen atoms in total. The maximum atomic E-state index is 12.4. The van der Waals surface area contributed by atoms with Crippen molar-refractivity contribution in [2.75, 3.05) is 18.8 Å². The van der Waals surface area contributed by atoms with E-state index in [9.17, 15) is 16.8 Å². The monoisotopic (exact) mass is 373 g/mol. The molecule has 0 spiro atoms. The molecule has 0 saturated carbocycles. The van der Waals surface area contributed by atoms with Gasteiger partial charge in [0, 0.05) is 37.1 Å². The van der Waals surface area contributed by atoms with E-state index in [1.54, 1.807) is 6.92 Å². The summed E-state index contributed by atoms with van der Waals surface area (Å²) in [5.74, 6) is -0.285. The lowest BCUT2D eigenvalue weighted by atomic mass is 10.0. The molecule has 2 N–H and O–H groups in total. The van der Waals surface area contributed by atoms with Crippen molar-refractivity contribution in [1.29, 1.82) is 0 Å². The Bertz CT molecular complexity index is 780. The largest absolute Gasteiger partial charge is 0.324 e. The Morgan fingerprint density at radius 1 is 1.12 bits per heavy atom. The van der Waals surface area contributed by atoms with Gasteiger partial charge in [0.1, 0.15) is 0 Å². The van der Waals surface area contributed by atoms with E-state index >= 15 is 0 Å². The summed E-state index contributed by atoms with van der Waals surface area (Å²) in [5.41, 5.74) is 0.933. The van der Waals surface area contributed by atoms with Crippen LogP contribution in [-0.4, -0.2) is 45.8 Å². The molecule has 0 amide bonds. The van der Waals surface area contributed by atoms with Crippen LogP contribution in [0.5, 0.6) is 0 Å². The van der Waals surface area contributed by atoms with Crippen LogP contribution < -0.4 is 9.44 Å². The molecule has 2 heterocycles. The van der Waals surface area contributed by atoms with E-state index < -0.39 is 25.3 Å². The van der Waals surface area contributed by atoms with Crippen LogP contribution in [0.4, 0.5) is 0 Å². The van der Waals surface area contributed by atoms with Gasteiger partial charge in [-0.1, -0.05) is 18.2 Å². The maximum Gasteiger partial charge on any atom is 0.215 e. The SMILES string of the molecule is CCS(=O)(=O)NCCNS(=O)(=O)C(C)C1C=CN2C=CC=CC2=C1. The highest BCUT2D eigenvalue weighted by Gasteiger charge is 2.28. The quantitative estimate of drug-likeness (QED) is 0.609. The van der Waals surface area contributed by atoms with Crippen molar-refractivity contribution in [3.63, 3.8) is 0 Å². The van der Waals surface area contributed by atoms with E-state index in [-0.39, 0.29) is 24.8 Å². The van der Waals surface area contributed by atoms with E-state index in [1.807, 2.05) is 47.7 Å². The van der Waals surface area contributed by atoms with E-state index in [0.29, 0.717) is 0 Å². The van der Waals surface area contributed by atoms with Gasteiger partial charge in [0.15, 0.2) is 0 Å². The third-order valence-electron chi connectivity index (χ3n) is 3.92. The third-order valence-corrected chi connectivity index (χ3v) is 7.22. The van der Waals surface area contributed by atoms with Crippen molar-refractivity contribution in [3.05, 3.63) is 48.5 Å². The first-order chi connectivity index (χ1) is 11.2. The van der Waals surface area contributed by atoms with Gasteiger partial charge in [0.2, 0.25) is 20.0 Å². The van der Waals surface area contributed by atoms with Crippen LogP contribution in [0.2, 0.25) is 0 Å². The first-order valence-electron chi connectivity index (χ1n) is 7.74. The van der Waals surface area contributed by atoms with Gasteiger partial charge in [-0.25, -0.2) is 26.3 Å². The number of nitrogens with zero attached hydrogens (tertiary/aromatic N) is 1. The zero-order valence-corrected chi connectivity index (χ0v) is 15.3. The molecule has 9 heteroatoms. The predicted molar refractivity (Wildman–Crippen MR) is 94.7 cm³/mol. The summed E-state index contributed by atoms with van der Waals surface area (Å²) in [6.45, 7) is 3.22. The normalized spacial score (nSPS) is 21.5. The Labute approximate surface area is 143 Å². The molecule has 0 aliphatic carbocycles. The molecule has 0 fully saturated rings. The zero-order chi connectivity index (χ0) is 17.8. The highest BCUT2D eigenvalue weighted by atomic mass is 32.2. The Morgan fingerprint density at radius 3 is 2.54 bits per heavy atom. The molecule has 0 bridgehead atoms. The minimum Gasteiger partial charge on any atom is -0.324 e. The van der Waals surface area contributed by atoms with Crippen molar-refractivity contribution in [3.8, 4) is 0 Å². The van der Waals surface area contributed by atoms with E-state index in [0.717, 1.165) is 5.70 Å². The topological polar surface area (TPSA) is 95.6 Å². The van der Waals surface area contributed by atoms with Gasteiger partial charge in [-0.3, -0.25) is 0 Å². The molecule has 2 aliphatic heterocycles. The summed E-state index contributed by atoms with van der Waals surface area (Å²) < 4.78 is 52.2. The van der Waals surface area contributed by atoms with E-state index in [2.05, 4.69) is 9.44 Å². The summed E-state index contributed by atoms with van der Waals surface area (Å²) in [5, 5.41) is -0.662. The van der Waals surface area contributed by atoms with Crippen molar-refractivity contribution >= 4 is 20.0 Å². The summed E-state index contributed by atoms with van der Waals surface area (Å²) in [6.07, 6.45) is 13.2. The summed E-state index contributed by atoms with van der Waals surface area (Å²) >= 11 is 0. The van der Waals surface area contributed by atoms with Crippen LogP contribution in [0.1, 0.15) is 13.8 Å². The standard InChI is InChI=1S/C15H23N3O4S2/c1-3-23(19,20)16-8-9-17-24(21,22)13(2)14-7-11-18-10-5-4-6-15(18)12-14/h4-7,10-14,16-17H,3,8-9H2,1-2H3. The maximum absolute atomic E-state index is 12.4. The molecule has 0 radical (unpaired) electrons. The first kappa shape index (κ1) is 18.9. The fourth-order valence-electron chi connectivity index (χ4n) is 2.32. The van der Waals surface area contributed by atoms with E-state index in [1.165, 1.54) is 6.92 Å². The lowest BCUT2D eigenvalue weighted by Gasteiger charge is -2.28. The minimum absolute atomic E-state index is 0.0215. The molecule has 0 saturated heterocycles. The van der Waals surface area contributed by atoms with Gasteiger partial charge in [0.25, 0.3) is 0 Å². The van der Waals surface area contributed by atoms with Gasteiger partial charge < -0.3 is 4.90 Å². The smallest absolute Gasteiger partial charge is 0.215 e. The van der Waals surface area contributed by atoms with Crippen LogP contribution in [0, 0.1) is 5.92 Å². The summed E-state index contributed by atoms with van der Waals surface area (Å²) in [4.78, 5) is 1.92. The third kappa shape index (κ3) is 4.79. The van der Waals surface area contributed by atoms with Gasteiger partial charge in [0.05, 0.1) is 11.0 Å². The molecule has 2 aliphatic rings. The second kappa shape index (κ2) is 7.64. The molecule has 2 rings (SSSR count). The minimum atomic E-state index is -3.56. The molecule has 0 aromatic carbocycles. The number of nitrogens with one attached hydrogen (secondary N) is 2. The molecule has 2 unspecified atom stereocenters. The molecule has 24 heavy (non-hydrogen) atoms. The summed E-state index contributed by atoms with van der Waals surface area (Å²) in [7, 11) is -6.88. The Balaban J connectivity index is 1.93. The van der Waals surface area contributed by atoms with Crippen LogP contribution in [0.25, 0.3) is 0 Å². The van der Waals surface area contributed by atoms with Gasteiger partial charge in [-0.05, 0) is 26.0 Å². The van der Waals surface area contributed by atoms with Crippen LogP contribution in [-0.2, 0) is 20.0 Å². The highest BCUT2D eigenvalue weighted by molar-refractivity contribution is 7.90. The Kier molecular flexibility index (Phi) is 6.02. The molecule has 0 aromatic heterocycles. The van der Waals surface area contributed by atoms with Gasteiger partial charge in [-0.15, -0.1) is 0 Å². The number of hydrogen-bond donors (Lipinski definition) is 2. The second-order valence-electron chi connectivity index (χ2n) is 5.56. The average molecular weight is 374 g/mol. The first-order valence-corrected chi connectivity index (χ1v) is 10.9. The predicted octanol–water partition coefficient (Wildman–Crippen LogP) is 0.647. The molecule has 134 valence electrons. The average Bonchev–Trinajstić information content (AvgIpc) is 2.57. The molecule has 0 aromatic rings. The van der Waals surface area contributed by atoms with Crippen molar-refractivity contribution in [2.45, 2.75) is 19.1 Å². The number of rotatable bonds is 8. The van der Waals surface area contributed by atoms with Crippen LogP contribution >= 0.6 is 0 Å². The highest BCUT2D eigenvalue weighted by Crippen LogP contribution is 2.25. The molecule has 2 atom stereocenters. The molecular weight excluding hydrogens is 350 g/mol. The van der Waals surface area contributed by atoms with Crippen molar-refractivity contribution in [1.82, 2.24) is 14.3 Å². The fourth-order valence-corrected chi connectivity index (χ4v) is 4.17. The van der Waals surface area contributed by atoms with Crippen LogP contribution in [0.15, 0.2) is 48.5 Å². The van der Waals surface area contributed by atoms with Gasteiger partial charge >= 0.3 is 0 Å². The summed E-state index contributed by atoms with van der Waals surface area (Å²) in [6, 6.07) is 0.